The topological polar surface area (TPSA) is 173 Å². The molecule has 0 aromatic heterocycles. The number of fused-ring (bicyclic) bond motifs is 5. The summed E-state index contributed by atoms with van der Waals surface area (Å²) in [5, 5.41) is 14.0. The molecule has 2 N–H and O–H groups in total. The number of hydrogen-bond donors (Lipinski definition) is 2. The fourth-order valence-corrected chi connectivity index (χ4v) is 10.2. The molecule has 4 fully saturated rings. The van der Waals surface area contributed by atoms with Crippen molar-refractivity contribution in [1.29, 1.82) is 0 Å². The molecule has 0 aliphatic heterocycles. The summed E-state index contributed by atoms with van der Waals surface area (Å²) in [6.45, 7) is 6.66. The minimum Gasteiger partial charge on any atom is -0.748 e. The second-order valence-corrected chi connectivity index (χ2v) is 15.6. The van der Waals surface area contributed by atoms with Gasteiger partial charge in [-0.05, 0) is 104 Å². The van der Waals surface area contributed by atoms with Crippen LogP contribution in [0, 0.1) is 46.3 Å². The number of amides is 1. The molecular formula is C26H43NNa2O9S2. The van der Waals surface area contributed by atoms with Crippen LogP contribution >= 0.6 is 0 Å². The van der Waals surface area contributed by atoms with Gasteiger partial charge in [0.2, 0.25) is 16.3 Å². The molecule has 4 aliphatic carbocycles. The van der Waals surface area contributed by atoms with Gasteiger partial charge in [0.25, 0.3) is 0 Å². The largest absolute Gasteiger partial charge is 1.00 e. The third kappa shape index (κ3) is 8.27. The predicted molar refractivity (Wildman–Crippen MR) is 137 cm³/mol. The van der Waals surface area contributed by atoms with Gasteiger partial charge in [-0.3, -0.25) is 8.98 Å². The second kappa shape index (κ2) is 14.1. The standard InChI is InChI=1S/C26H45NO9S2.2Na/c1-16(4-7-23(29)27-12-13-37(30,31)32)19-5-6-20-24-21(9-11-26(19,20)3)25(2)10-8-18(36-38(33,34)35)14-17(25)15-22(24)28;;/h16-22,24,28H,4-15H2,1-3H3,(H,27,29)(H,30,31,32)(H,33,34,35);;/q;2*+1/p-2/t16-,17+,18-,19-,20+,21+,22-,24+,25+,26-;;/m1../s1. The van der Waals surface area contributed by atoms with Crippen molar-refractivity contribution >= 4 is 26.4 Å². The minimum absolute atomic E-state index is 0. The van der Waals surface area contributed by atoms with Gasteiger partial charge in [-0.1, -0.05) is 20.8 Å². The Labute approximate surface area is 284 Å². The van der Waals surface area contributed by atoms with Gasteiger partial charge in [0.05, 0.1) is 28.1 Å². The summed E-state index contributed by atoms with van der Waals surface area (Å²) in [5.74, 6) is 0.903. The molecule has 14 heteroatoms. The fourth-order valence-electron chi connectivity index (χ4n) is 9.38. The Hall–Kier alpha value is 1.21. The van der Waals surface area contributed by atoms with Crippen LogP contribution in [0.25, 0.3) is 0 Å². The number of carbonyl (C=O) groups is 1. The molecule has 0 bridgehead atoms. The first kappa shape index (κ1) is 37.4. The molecule has 10 nitrogen and oxygen atoms in total. The molecule has 0 radical (unpaired) electrons. The molecule has 0 spiro atoms. The molecule has 4 aliphatic rings. The molecule has 4 rings (SSSR count). The Morgan fingerprint density at radius 3 is 2.25 bits per heavy atom. The zero-order valence-corrected chi connectivity index (χ0v) is 30.3. The van der Waals surface area contributed by atoms with Crippen LogP contribution in [0.4, 0.5) is 0 Å². The van der Waals surface area contributed by atoms with E-state index in [9.17, 15) is 35.8 Å². The molecule has 1 amide bonds. The maximum atomic E-state index is 12.2. The van der Waals surface area contributed by atoms with Crippen LogP contribution in [-0.2, 0) is 29.5 Å². The first-order valence-electron chi connectivity index (χ1n) is 14.1. The Kier molecular flexibility index (Phi) is 13.2. The third-order valence-electron chi connectivity index (χ3n) is 11.2. The molecule has 10 atom stereocenters. The van der Waals surface area contributed by atoms with Gasteiger partial charge < -0.3 is 19.5 Å². The average molecular weight is 624 g/mol. The van der Waals surface area contributed by atoms with Crippen LogP contribution in [0.15, 0.2) is 0 Å². The normalized spacial score (nSPS) is 39.9. The van der Waals surface area contributed by atoms with Crippen molar-refractivity contribution in [3.05, 3.63) is 0 Å². The summed E-state index contributed by atoms with van der Waals surface area (Å²) in [7, 11) is -9.10. The summed E-state index contributed by atoms with van der Waals surface area (Å²) >= 11 is 0. The van der Waals surface area contributed by atoms with E-state index in [4.69, 9.17) is 4.18 Å². The van der Waals surface area contributed by atoms with Gasteiger partial charge in [-0.15, -0.1) is 0 Å². The Morgan fingerprint density at radius 1 is 1.00 bits per heavy atom. The molecule has 0 saturated heterocycles. The van der Waals surface area contributed by atoms with Crippen molar-refractivity contribution in [3.8, 4) is 0 Å². The quantitative estimate of drug-likeness (QED) is 0.150. The van der Waals surface area contributed by atoms with E-state index < -0.39 is 38.5 Å². The first-order chi connectivity index (χ1) is 17.5. The first-order valence-corrected chi connectivity index (χ1v) is 17.0. The average Bonchev–Trinajstić information content (AvgIpc) is 3.14. The van der Waals surface area contributed by atoms with Crippen LogP contribution in [0.2, 0.25) is 0 Å². The number of hydrogen-bond acceptors (Lipinski definition) is 9. The Morgan fingerprint density at radius 2 is 1.62 bits per heavy atom. The molecule has 40 heavy (non-hydrogen) atoms. The number of aliphatic hydroxyl groups excluding tert-OH is 1. The molecule has 220 valence electrons. The summed E-state index contributed by atoms with van der Waals surface area (Å²) in [6, 6.07) is 0. The van der Waals surface area contributed by atoms with Crippen LogP contribution in [0.5, 0.6) is 0 Å². The van der Waals surface area contributed by atoms with E-state index in [0.717, 1.165) is 32.1 Å². The molecule has 4 saturated carbocycles. The van der Waals surface area contributed by atoms with Gasteiger partial charge in [0.1, 0.15) is 0 Å². The summed E-state index contributed by atoms with van der Waals surface area (Å²) in [4.78, 5) is 12.2. The van der Waals surface area contributed by atoms with Crippen molar-refractivity contribution in [2.45, 2.75) is 97.2 Å². The van der Waals surface area contributed by atoms with Crippen molar-refractivity contribution in [2.24, 2.45) is 46.3 Å². The van der Waals surface area contributed by atoms with Gasteiger partial charge in [-0.25, -0.2) is 16.8 Å². The molecule has 0 heterocycles. The predicted octanol–water partition coefficient (Wildman–Crippen LogP) is -3.45. The maximum absolute atomic E-state index is 12.2. The van der Waals surface area contributed by atoms with E-state index in [1.165, 1.54) is 0 Å². The van der Waals surface area contributed by atoms with E-state index in [1.54, 1.807) is 0 Å². The molecule has 0 unspecified atom stereocenters. The Balaban J connectivity index is 0.00000280. The summed E-state index contributed by atoms with van der Waals surface area (Å²) in [5.41, 5.74) is 0.0475. The summed E-state index contributed by atoms with van der Waals surface area (Å²) in [6.07, 6.45) is 6.45. The van der Waals surface area contributed by atoms with Crippen molar-refractivity contribution < 1.29 is 99.1 Å². The van der Waals surface area contributed by atoms with E-state index in [2.05, 4.69) is 26.1 Å². The van der Waals surface area contributed by atoms with Crippen molar-refractivity contribution in [3.63, 3.8) is 0 Å². The Bertz CT molecular complexity index is 1110. The monoisotopic (exact) mass is 623 g/mol. The van der Waals surface area contributed by atoms with Crippen LogP contribution in [-0.4, -0.2) is 61.5 Å². The van der Waals surface area contributed by atoms with E-state index in [0.29, 0.717) is 49.4 Å². The minimum atomic E-state index is -4.75. The second-order valence-electron chi connectivity index (χ2n) is 13.1. The third-order valence-corrected chi connectivity index (χ3v) is 12.4. The molecule has 0 aromatic rings. The molecular weight excluding hydrogens is 580 g/mol. The fraction of sp³-hybridized carbons (Fsp3) is 0.962. The number of aliphatic hydroxyl groups is 1. The number of rotatable bonds is 9. The van der Waals surface area contributed by atoms with E-state index >= 15 is 0 Å². The SMILES string of the molecule is C[C@H](CCC(=O)NCCS(=O)(=O)[O-])[C@H]1CC[C@H]2[C@@H]3[C@H](O)C[C@@H]4C[C@H](OS(=O)(=O)[O-])CC[C@]4(C)[C@H]3CC[C@]12C.[Na+].[Na+]. The van der Waals surface area contributed by atoms with Gasteiger partial charge in [-0.2, -0.15) is 0 Å². The van der Waals surface area contributed by atoms with Gasteiger partial charge in [0, 0.05) is 13.0 Å². The van der Waals surface area contributed by atoms with Gasteiger partial charge >= 0.3 is 59.1 Å². The van der Waals surface area contributed by atoms with E-state index in [-0.39, 0.29) is 101 Å². The zero-order valence-electron chi connectivity index (χ0n) is 24.6. The van der Waals surface area contributed by atoms with Gasteiger partial charge in [0.15, 0.2) is 0 Å². The number of nitrogens with one attached hydrogen (secondary N) is 1. The smallest absolute Gasteiger partial charge is 0.748 e. The van der Waals surface area contributed by atoms with E-state index in [1.807, 2.05) is 0 Å². The molecule has 0 aromatic carbocycles. The zero-order chi connectivity index (χ0) is 28.1. The van der Waals surface area contributed by atoms with Crippen molar-refractivity contribution in [1.82, 2.24) is 5.32 Å². The summed E-state index contributed by atoms with van der Waals surface area (Å²) < 4.78 is 70.5. The number of carbonyl (C=O) groups excluding carboxylic acids is 1. The van der Waals surface area contributed by atoms with Crippen LogP contribution in [0.1, 0.15) is 85.0 Å². The van der Waals surface area contributed by atoms with Crippen LogP contribution in [0.3, 0.4) is 0 Å². The maximum Gasteiger partial charge on any atom is 1.00 e. The van der Waals surface area contributed by atoms with Crippen molar-refractivity contribution in [2.75, 3.05) is 12.3 Å². The van der Waals surface area contributed by atoms with Crippen LogP contribution < -0.4 is 64.4 Å².